The maximum atomic E-state index is 12.4. The number of aromatic hydroxyl groups is 1. The van der Waals surface area contributed by atoms with Gasteiger partial charge in [0.25, 0.3) is 0 Å². The maximum absolute atomic E-state index is 12.4. The average molecular weight is 404 g/mol. The van der Waals surface area contributed by atoms with Crippen LogP contribution in [0.15, 0.2) is 66.7 Å². The van der Waals surface area contributed by atoms with Crippen LogP contribution in [0.3, 0.4) is 0 Å². The van der Waals surface area contributed by atoms with Crippen LogP contribution in [0, 0.1) is 0 Å². The van der Waals surface area contributed by atoms with Crippen LogP contribution in [0.1, 0.15) is 12.5 Å². The van der Waals surface area contributed by atoms with Crippen LogP contribution >= 0.6 is 11.3 Å². The van der Waals surface area contributed by atoms with E-state index < -0.39 is 0 Å². The number of phenolic OH excluding ortho intramolecular Hbond substituents is 1. The number of aromatic nitrogens is 1. The molecule has 3 aromatic carbocycles. The number of benzene rings is 3. The smallest absolute Gasteiger partial charge is 0.228 e. The minimum absolute atomic E-state index is 0.130. The molecule has 0 bridgehead atoms. The van der Waals surface area contributed by atoms with Gasteiger partial charge in [0.15, 0.2) is 0 Å². The van der Waals surface area contributed by atoms with Gasteiger partial charge >= 0.3 is 0 Å². The number of amides is 1. The summed E-state index contributed by atoms with van der Waals surface area (Å²) in [6.45, 7) is 2.54. The molecule has 0 atom stereocenters. The first kappa shape index (κ1) is 19.0. The molecule has 0 spiro atoms. The number of ether oxygens (including phenoxy) is 1. The van der Waals surface area contributed by atoms with E-state index >= 15 is 0 Å². The van der Waals surface area contributed by atoms with E-state index in [1.54, 1.807) is 18.2 Å². The van der Waals surface area contributed by atoms with Crippen molar-refractivity contribution >= 4 is 33.1 Å². The fourth-order valence-corrected chi connectivity index (χ4v) is 4.02. The molecule has 2 N–H and O–H groups in total. The minimum Gasteiger partial charge on any atom is -0.507 e. The predicted molar refractivity (Wildman–Crippen MR) is 117 cm³/mol. The molecule has 5 nitrogen and oxygen atoms in total. The van der Waals surface area contributed by atoms with Crippen molar-refractivity contribution in [3.63, 3.8) is 0 Å². The number of carbonyl (C=O) groups excluding carboxylic acids is 1. The molecule has 0 aliphatic rings. The third-order valence-corrected chi connectivity index (χ3v) is 5.47. The molecule has 4 rings (SSSR count). The number of phenols is 1. The van der Waals surface area contributed by atoms with Crippen LogP contribution in [0.4, 0.5) is 5.69 Å². The van der Waals surface area contributed by atoms with Gasteiger partial charge in [-0.1, -0.05) is 24.3 Å². The van der Waals surface area contributed by atoms with Crippen LogP contribution in [0.2, 0.25) is 0 Å². The Kier molecular flexibility index (Phi) is 5.44. The lowest BCUT2D eigenvalue weighted by molar-refractivity contribution is -0.115. The fourth-order valence-electron chi connectivity index (χ4n) is 3.03. The summed E-state index contributed by atoms with van der Waals surface area (Å²) in [5.41, 5.74) is 3.01. The number of rotatable bonds is 6. The highest BCUT2D eigenvalue weighted by atomic mass is 32.1. The topological polar surface area (TPSA) is 71.5 Å². The summed E-state index contributed by atoms with van der Waals surface area (Å²) in [5, 5.41) is 13.9. The summed E-state index contributed by atoms with van der Waals surface area (Å²) in [6.07, 6.45) is 0.254. The van der Waals surface area contributed by atoms with Crippen molar-refractivity contribution in [3.05, 3.63) is 72.3 Å². The number of nitrogens with one attached hydrogen (secondary N) is 1. The highest BCUT2D eigenvalue weighted by Gasteiger charge is 2.12. The summed E-state index contributed by atoms with van der Waals surface area (Å²) < 4.78 is 6.47. The van der Waals surface area contributed by atoms with Gasteiger partial charge in [0.1, 0.15) is 16.5 Å². The number of fused-ring (bicyclic) bond motifs is 1. The Balaban J connectivity index is 1.50. The summed E-state index contributed by atoms with van der Waals surface area (Å²) in [5.74, 6) is 0.791. The van der Waals surface area contributed by atoms with Gasteiger partial charge in [0, 0.05) is 5.69 Å². The normalized spacial score (nSPS) is 10.8. The highest BCUT2D eigenvalue weighted by Crippen LogP contribution is 2.36. The molecule has 146 valence electrons. The highest BCUT2D eigenvalue weighted by molar-refractivity contribution is 7.21. The SMILES string of the molecule is CCOc1ccc(CC(=O)Nc2ccc(O)c(-c3nc4ccccc4s3)c2)cc1. The molecule has 0 aliphatic carbocycles. The van der Waals surface area contributed by atoms with Crippen molar-refractivity contribution in [2.24, 2.45) is 0 Å². The molecule has 29 heavy (non-hydrogen) atoms. The van der Waals surface area contributed by atoms with E-state index in [-0.39, 0.29) is 18.1 Å². The van der Waals surface area contributed by atoms with Crippen molar-refractivity contribution in [1.29, 1.82) is 0 Å². The van der Waals surface area contributed by atoms with Crippen LogP contribution in [-0.4, -0.2) is 22.6 Å². The minimum atomic E-state index is -0.130. The molecule has 0 unspecified atom stereocenters. The zero-order chi connectivity index (χ0) is 20.2. The standard InChI is InChI=1S/C23H20N2O3S/c1-2-28-17-10-7-15(8-11-17)13-22(27)24-16-9-12-20(26)18(14-16)23-25-19-5-3-4-6-21(19)29-23/h3-12,14,26H,2,13H2,1H3,(H,24,27). The van der Waals surface area contributed by atoms with E-state index in [0.29, 0.717) is 22.9 Å². The fraction of sp³-hybridized carbons (Fsp3) is 0.130. The number of nitrogens with zero attached hydrogens (tertiary/aromatic N) is 1. The second-order valence-electron chi connectivity index (χ2n) is 6.52. The molecular formula is C23H20N2O3S. The molecule has 0 saturated heterocycles. The number of hydrogen-bond acceptors (Lipinski definition) is 5. The summed E-state index contributed by atoms with van der Waals surface area (Å²) in [7, 11) is 0. The molecule has 4 aromatic rings. The Labute approximate surface area is 172 Å². The molecule has 0 radical (unpaired) electrons. The van der Waals surface area contributed by atoms with E-state index in [9.17, 15) is 9.90 Å². The zero-order valence-electron chi connectivity index (χ0n) is 15.9. The molecule has 1 heterocycles. The third-order valence-electron chi connectivity index (χ3n) is 4.40. The Bertz CT molecular complexity index is 1120. The van der Waals surface area contributed by atoms with Crippen molar-refractivity contribution in [3.8, 4) is 22.1 Å². The van der Waals surface area contributed by atoms with Crippen molar-refractivity contribution in [2.45, 2.75) is 13.3 Å². The molecule has 6 heteroatoms. The summed E-state index contributed by atoms with van der Waals surface area (Å²) in [6, 6.07) is 20.3. The number of thiazole rings is 1. The van der Waals surface area contributed by atoms with Gasteiger partial charge in [-0.05, 0) is 55.0 Å². The number of carbonyl (C=O) groups is 1. The van der Waals surface area contributed by atoms with Gasteiger partial charge in [-0.15, -0.1) is 11.3 Å². The van der Waals surface area contributed by atoms with Gasteiger partial charge in [-0.3, -0.25) is 4.79 Å². The Morgan fingerprint density at radius 3 is 2.66 bits per heavy atom. The average Bonchev–Trinajstić information content (AvgIpc) is 3.15. The second-order valence-corrected chi connectivity index (χ2v) is 7.55. The third kappa shape index (κ3) is 4.38. The van der Waals surface area contributed by atoms with Crippen LogP contribution in [0.25, 0.3) is 20.8 Å². The number of para-hydroxylation sites is 1. The van der Waals surface area contributed by atoms with E-state index in [4.69, 9.17) is 4.74 Å². The summed E-state index contributed by atoms with van der Waals surface area (Å²) >= 11 is 1.50. The first-order valence-corrected chi connectivity index (χ1v) is 10.1. The van der Waals surface area contributed by atoms with Gasteiger partial charge in [0.2, 0.25) is 5.91 Å². The number of hydrogen-bond donors (Lipinski definition) is 2. The van der Waals surface area contributed by atoms with Gasteiger partial charge < -0.3 is 15.2 Å². The molecule has 1 aromatic heterocycles. The van der Waals surface area contributed by atoms with Gasteiger partial charge in [0.05, 0.1) is 28.8 Å². The van der Waals surface area contributed by atoms with Crippen molar-refractivity contribution < 1.29 is 14.6 Å². The molecule has 0 aliphatic heterocycles. The molecule has 0 fully saturated rings. The van der Waals surface area contributed by atoms with Crippen LogP contribution < -0.4 is 10.1 Å². The van der Waals surface area contributed by atoms with Crippen LogP contribution in [-0.2, 0) is 11.2 Å². The monoisotopic (exact) mass is 404 g/mol. The van der Waals surface area contributed by atoms with E-state index in [1.165, 1.54) is 11.3 Å². The summed E-state index contributed by atoms with van der Waals surface area (Å²) in [4.78, 5) is 17.0. The van der Waals surface area contributed by atoms with E-state index in [2.05, 4.69) is 10.3 Å². The lowest BCUT2D eigenvalue weighted by Crippen LogP contribution is -2.14. The quantitative estimate of drug-likeness (QED) is 0.431. The maximum Gasteiger partial charge on any atom is 0.228 e. The van der Waals surface area contributed by atoms with Gasteiger partial charge in [-0.2, -0.15) is 0 Å². The lowest BCUT2D eigenvalue weighted by Gasteiger charge is -2.09. The Morgan fingerprint density at radius 2 is 1.90 bits per heavy atom. The Morgan fingerprint density at radius 1 is 1.10 bits per heavy atom. The molecule has 0 saturated carbocycles. The second kappa shape index (κ2) is 8.32. The van der Waals surface area contributed by atoms with Gasteiger partial charge in [-0.25, -0.2) is 4.98 Å². The molecular weight excluding hydrogens is 384 g/mol. The largest absolute Gasteiger partial charge is 0.507 e. The lowest BCUT2D eigenvalue weighted by atomic mass is 10.1. The zero-order valence-corrected chi connectivity index (χ0v) is 16.7. The Hall–Kier alpha value is -3.38. The van der Waals surface area contributed by atoms with Crippen LogP contribution in [0.5, 0.6) is 11.5 Å². The van der Waals surface area contributed by atoms with E-state index in [0.717, 1.165) is 21.5 Å². The van der Waals surface area contributed by atoms with Crippen molar-refractivity contribution in [2.75, 3.05) is 11.9 Å². The van der Waals surface area contributed by atoms with E-state index in [1.807, 2.05) is 55.5 Å². The first-order chi connectivity index (χ1) is 14.1. The number of anilines is 1. The van der Waals surface area contributed by atoms with Crippen molar-refractivity contribution in [1.82, 2.24) is 4.98 Å². The predicted octanol–water partition coefficient (Wildman–Crippen LogP) is 5.25. The molecule has 1 amide bonds. The first-order valence-electron chi connectivity index (χ1n) is 9.33.